The molecule has 1 aromatic heterocycles. The second-order valence-electron chi connectivity index (χ2n) is 4.52. The van der Waals surface area contributed by atoms with Crippen molar-refractivity contribution in [2.24, 2.45) is 0 Å². The highest BCUT2D eigenvalue weighted by Gasteiger charge is 2.25. The Balaban J connectivity index is 2.73. The molecule has 0 saturated carbocycles. The summed E-state index contributed by atoms with van der Waals surface area (Å²) in [4.78, 5) is 37.6. The number of hydrogen-bond acceptors (Lipinski definition) is 7. The number of carbonyl (C=O) groups excluding carboxylic acids is 2. The maximum atomic E-state index is 13.6. The molecule has 124 valence electrons. The highest BCUT2D eigenvalue weighted by Crippen LogP contribution is 2.32. The molecular weight excluding hydrogens is 323 g/mol. The minimum absolute atomic E-state index is 0.0969. The monoisotopic (exact) mass is 334 g/mol. The molecule has 24 heavy (non-hydrogen) atoms. The van der Waals surface area contributed by atoms with Crippen molar-refractivity contribution in [1.29, 1.82) is 0 Å². The number of nitro groups is 1. The second kappa shape index (κ2) is 6.82. The zero-order valence-corrected chi connectivity index (χ0v) is 12.6. The van der Waals surface area contributed by atoms with Crippen molar-refractivity contribution in [2.75, 3.05) is 14.2 Å². The molecule has 2 aromatic rings. The van der Waals surface area contributed by atoms with Gasteiger partial charge in [0.05, 0.1) is 30.3 Å². The Morgan fingerprint density at radius 2 is 1.83 bits per heavy atom. The number of hydrogen-bond donors (Lipinski definition) is 0. The van der Waals surface area contributed by atoms with Crippen LogP contribution in [0.5, 0.6) is 0 Å². The van der Waals surface area contributed by atoms with E-state index in [4.69, 9.17) is 0 Å². The molecule has 0 atom stereocenters. The molecule has 0 bridgehead atoms. The van der Waals surface area contributed by atoms with E-state index in [-0.39, 0.29) is 22.4 Å². The summed E-state index contributed by atoms with van der Waals surface area (Å²) in [5.41, 5.74) is -1.21. The fraction of sp³-hybridized carbons (Fsp3) is 0.133. The van der Waals surface area contributed by atoms with Crippen molar-refractivity contribution < 1.29 is 28.4 Å². The van der Waals surface area contributed by atoms with Crippen LogP contribution in [0.15, 0.2) is 30.5 Å². The fourth-order valence-electron chi connectivity index (χ4n) is 2.03. The molecule has 0 saturated heterocycles. The van der Waals surface area contributed by atoms with Crippen LogP contribution in [-0.4, -0.2) is 36.1 Å². The molecule has 0 spiro atoms. The first-order valence-electron chi connectivity index (χ1n) is 6.50. The van der Waals surface area contributed by atoms with Crippen LogP contribution in [0.1, 0.15) is 20.7 Å². The van der Waals surface area contributed by atoms with Gasteiger partial charge < -0.3 is 9.47 Å². The van der Waals surface area contributed by atoms with Gasteiger partial charge in [0.2, 0.25) is 0 Å². The first kappa shape index (κ1) is 17.0. The number of nitrogens with zero attached hydrogens (tertiary/aromatic N) is 2. The predicted octanol–water partition coefficient (Wildman–Crippen LogP) is 2.37. The molecule has 0 amide bonds. The number of rotatable bonds is 4. The average Bonchev–Trinajstić information content (AvgIpc) is 2.59. The fourth-order valence-corrected chi connectivity index (χ4v) is 2.03. The SMILES string of the molecule is COC(=O)c1cnc(-c2cc(F)ccc2C(=O)OC)c([N+](=O)[O-])c1. The molecule has 9 heteroatoms. The van der Waals surface area contributed by atoms with Crippen LogP contribution in [-0.2, 0) is 9.47 Å². The van der Waals surface area contributed by atoms with Crippen LogP contribution in [0.2, 0.25) is 0 Å². The maximum Gasteiger partial charge on any atom is 0.339 e. The highest BCUT2D eigenvalue weighted by atomic mass is 19.1. The molecule has 0 fully saturated rings. The second-order valence-corrected chi connectivity index (χ2v) is 4.52. The summed E-state index contributed by atoms with van der Waals surface area (Å²) >= 11 is 0. The molecule has 0 unspecified atom stereocenters. The van der Waals surface area contributed by atoms with Gasteiger partial charge >= 0.3 is 11.9 Å². The summed E-state index contributed by atoms with van der Waals surface area (Å²) in [6, 6.07) is 4.03. The van der Waals surface area contributed by atoms with Gasteiger partial charge in [-0.2, -0.15) is 0 Å². The number of methoxy groups -OCH3 is 2. The van der Waals surface area contributed by atoms with Gasteiger partial charge in [-0.25, -0.2) is 19.0 Å². The molecule has 0 aliphatic carbocycles. The Hall–Kier alpha value is -3.36. The number of carbonyl (C=O) groups is 2. The number of ether oxygens (including phenoxy) is 2. The molecule has 0 radical (unpaired) electrons. The average molecular weight is 334 g/mol. The first-order valence-corrected chi connectivity index (χ1v) is 6.50. The summed E-state index contributed by atoms with van der Waals surface area (Å²) in [5.74, 6) is -2.34. The molecular formula is C15H11FN2O6. The van der Waals surface area contributed by atoms with Gasteiger partial charge in [0.15, 0.2) is 0 Å². The van der Waals surface area contributed by atoms with Gasteiger partial charge in [-0.05, 0) is 18.2 Å². The molecule has 1 heterocycles. The number of halogens is 1. The van der Waals surface area contributed by atoms with E-state index in [1.165, 1.54) is 0 Å². The largest absolute Gasteiger partial charge is 0.465 e. The van der Waals surface area contributed by atoms with Crippen molar-refractivity contribution in [2.45, 2.75) is 0 Å². The summed E-state index contributed by atoms with van der Waals surface area (Å²) in [7, 11) is 2.24. The maximum absolute atomic E-state index is 13.6. The van der Waals surface area contributed by atoms with Gasteiger partial charge in [0.25, 0.3) is 5.69 Å². The van der Waals surface area contributed by atoms with E-state index in [0.717, 1.165) is 44.7 Å². The van der Waals surface area contributed by atoms with Crippen molar-refractivity contribution in [3.63, 3.8) is 0 Å². The zero-order valence-electron chi connectivity index (χ0n) is 12.6. The summed E-state index contributed by atoms with van der Waals surface area (Å²) < 4.78 is 22.6. The van der Waals surface area contributed by atoms with E-state index in [9.17, 15) is 24.1 Å². The minimum atomic E-state index is -0.815. The number of aromatic nitrogens is 1. The minimum Gasteiger partial charge on any atom is -0.465 e. The summed E-state index contributed by atoms with van der Waals surface area (Å²) in [6.45, 7) is 0. The van der Waals surface area contributed by atoms with Crippen LogP contribution in [0, 0.1) is 15.9 Å². The molecule has 1 aromatic carbocycles. The third kappa shape index (κ3) is 3.19. The summed E-state index contributed by atoms with van der Waals surface area (Å²) in [6.07, 6.45) is 1.04. The quantitative estimate of drug-likeness (QED) is 0.479. The third-order valence-electron chi connectivity index (χ3n) is 3.13. The van der Waals surface area contributed by atoms with Crippen LogP contribution in [0.4, 0.5) is 10.1 Å². The van der Waals surface area contributed by atoms with Crippen molar-refractivity contribution in [3.05, 3.63) is 57.5 Å². The number of benzene rings is 1. The standard InChI is InChI=1S/C15H11FN2O6/c1-23-14(19)8-5-12(18(21)22)13(17-7-8)11-6-9(16)3-4-10(11)15(20)24-2/h3-7H,1-2H3. The molecule has 8 nitrogen and oxygen atoms in total. The van der Waals surface area contributed by atoms with Gasteiger partial charge in [-0.3, -0.25) is 10.1 Å². The lowest BCUT2D eigenvalue weighted by atomic mass is 10.0. The Kier molecular flexibility index (Phi) is 4.83. The van der Waals surface area contributed by atoms with Gasteiger partial charge in [0, 0.05) is 17.8 Å². The van der Waals surface area contributed by atoms with Crippen LogP contribution < -0.4 is 0 Å². The molecule has 0 N–H and O–H groups in total. The normalized spacial score (nSPS) is 10.1. The Morgan fingerprint density at radius 1 is 1.17 bits per heavy atom. The van der Waals surface area contributed by atoms with Gasteiger partial charge in [-0.15, -0.1) is 0 Å². The van der Waals surface area contributed by atoms with Crippen LogP contribution in [0.3, 0.4) is 0 Å². The smallest absolute Gasteiger partial charge is 0.339 e. The lowest BCUT2D eigenvalue weighted by Crippen LogP contribution is -2.08. The summed E-state index contributed by atoms with van der Waals surface area (Å²) in [5, 5.41) is 11.3. The van der Waals surface area contributed by atoms with Gasteiger partial charge in [0.1, 0.15) is 11.5 Å². The van der Waals surface area contributed by atoms with Gasteiger partial charge in [-0.1, -0.05) is 0 Å². The molecule has 0 aliphatic rings. The number of esters is 2. The van der Waals surface area contributed by atoms with Crippen molar-refractivity contribution in [3.8, 4) is 11.3 Å². The van der Waals surface area contributed by atoms with E-state index in [2.05, 4.69) is 14.5 Å². The Bertz CT molecular complexity index is 837. The lowest BCUT2D eigenvalue weighted by Gasteiger charge is -2.09. The van der Waals surface area contributed by atoms with E-state index >= 15 is 0 Å². The van der Waals surface area contributed by atoms with E-state index < -0.39 is 28.4 Å². The van der Waals surface area contributed by atoms with Crippen molar-refractivity contribution >= 4 is 17.6 Å². The van der Waals surface area contributed by atoms with E-state index in [1.807, 2.05) is 0 Å². The van der Waals surface area contributed by atoms with E-state index in [0.29, 0.717) is 0 Å². The first-order chi connectivity index (χ1) is 11.4. The van der Waals surface area contributed by atoms with E-state index in [1.54, 1.807) is 0 Å². The highest BCUT2D eigenvalue weighted by molar-refractivity contribution is 5.98. The third-order valence-corrected chi connectivity index (χ3v) is 3.13. The zero-order chi connectivity index (χ0) is 17.9. The lowest BCUT2D eigenvalue weighted by molar-refractivity contribution is -0.384. The molecule has 0 aliphatic heterocycles. The topological polar surface area (TPSA) is 109 Å². The van der Waals surface area contributed by atoms with Crippen LogP contribution in [0.25, 0.3) is 11.3 Å². The van der Waals surface area contributed by atoms with Crippen LogP contribution >= 0.6 is 0 Å². The Labute approximate surface area is 135 Å². The van der Waals surface area contributed by atoms with Crippen molar-refractivity contribution in [1.82, 2.24) is 4.98 Å². The molecule has 2 rings (SSSR count). The number of pyridine rings is 1. The predicted molar refractivity (Wildman–Crippen MR) is 79.0 cm³/mol. The Morgan fingerprint density at radius 3 is 2.42 bits per heavy atom.